The van der Waals surface area contributed by atoms with Gasteiger partial charge in [-0.1, -0.05) is 0 Å². The summed E-state index contributed by atoms with van der Waals surface area (Å²) in [7, 11) is 0. The van der Waals surface area contributed by atoms with E-state index in [-0.39, 0.29) is 5.92 Å². The lowest BCUT2D eigenvalue weighted by molar-refractivity contribution is 0.875. The van der Waals surface area contributed by atoms with E-state index in [1.54, 1.807) is 12.4 Å². The third-order valence-electron chi connectivity index (χ3n) is 1.52. The van der Waals surface area contributed by atoms with Crippen molar-refractivity contribution < 1.29 is 0 Å². The second-order valence-electron chi connectivity index (χ2n) is 2.38. The maximum atomic E-state index is 8.59. The molecule has 1 rings (SSSR count). The van der Waals surface area contributed by atoms with Crippen molar-refractivity contribution >= 4 is 0 Å². The molecule has 0 aromatic carbocycles. The molecule has 1 aromatic heterocycles. The van der Waals surface area contributed by atoms with Crippen molar-refractivity contribution in [2.75, 3.05) is 0 Å². The lowest BCUT2D eigenvalue weighted by atomic mass is 10.1. The zero-order valence-corrected chi connectivity index (χ0v) is 6.57. The maximum Gasteiger partial charge on any atom is 0.0875 e. The summed E-state index contributed by atoms with van der Waals surface area (Å²) in [5.74, 6) is -0.163. The molecule has 0 aliphatic rings. The van der Waals surface area contributed by atoms with E-state index < -0.39 is 0 Å². The molecule has 0 aliphatic carbocycles. The van der Waals surface area contributed by atoms with E-state index in [9.17, 15) is 0 Å². The average molecular weight is 147 g/mol. The Balaban J connectivity index is 3.05. The molecule has 0 amide bonds. The first-order valence-electron chi connectivity index (χ1n) is 3.43. The Labute approximate surface area is 65.7 Å². The van der Waals surface area contributed by atoms with E-state index in [0.29, 0.717) is 0 Å². The minimum atomic E-state index is -0.163. The highest BCUT2D eigenvalue weighted by molar-refractivity contribution is 5.18. The number of hydrogen-bond acceptors (Lipinski definition) is 3. The Morgan fingerprint density at radius 1 is 1.45 bits per heavy atom. The Bertz CT molecular complexity index is 288. The zero-order valence-electron chi connectivity index (χ0n) is 6.57. The highest BCUT2D eigenvalue weighted by Gasteiger charge is 2.07. The molecule has 11 heavy (non-hydrogen) atoms. The molecule has 56 valence electrons. The molecule has 1 heterocycles. The van der Waals surface area contributed by atoms with Crippen LogP contribution in [0.15, 0.2) is 12.4 Å². The van der Waals surface area contributed by atoms with Crippen LogP contribution >= 0.6 is 0 Å². The van der Waals surface area contributed by atoms with Crippen molar-refractivity contribution in [1.29, 1.82) is 5.26 Å². The summed E-state index contributed by atoms with van der Waals surface area (Å²) in [6, 6.07) is 2.12. The Morgan fingerprint density at radius 2 is 2.09 bits per heavy atom. The molecule has 0 spiro atoms. The van der Waals surface area contributed by atoms with Gasteiger partial charge >= 0.3 is 0 Å². The van der Waals surface area contributed by atoms with Crippen LogP contribution in [0.3, 0.4) is 0 Å². The minimum Gasteiger partial charge on any atom is -0.258 e. The molecule has 1 aromatic rings. The number of aromatic nitrogens is 2. The normalized spacial score (nSPS) is 12.1. The van der Waals surface area contributed by atoms with Gasteiger partial charge in [-0.2, -0.15) is 5.26 Å². The van der Waals surface area contributed by atoms with E-state index >= 15 is 0 Å². The van der Waals surface area contributed by atoms with Gasteiger partial charge in [-0.05, 0) is 13.8 Å². The van der Waals surface area contributed by atoms with Crippen LogP contribution in [-0.4, -0.2) is 9.97 Å². The lowest BCUT2D eigenvalue weighted by Crippen LogP contribution is -1.98. The third kappa shape index (κ3) is 1.53. The van der Waals surface area contributed by atoms with Gasteiger partial charge in [-0.3, -0.25) is 9.97 Å². The van der Waals surface area contributed by atoms with Crippen molar-refractivity contribution in [2.45, 2.75) is 19.8 Å². The molecule has 3 heteroatoms. The van der Waals surface area contributed by atoms with Gasteiger partial charge in [0.2, 0.25) is 0 Å². The van der Waals surface area contributed by atoms with Crippen LogP contribution in [0.25, 0.3) is 0 Å². The van der Waals surface area contributed by atoms with Crippen LogP contribution < -0.4 is 0 Å². The van der Waals surface area contributed by atoms with Crippen molar-refractivity contribution in [2.24, 2.45) is 0 Å². The Kier molecular flexibility index (Phi) is 2.17. The SMILES string of the molecule is Cc1nccnc1C(C)C#N. The van der Waals surface area contributed by atoms with Gasteiger partial charge < -0.3 is 0 Å². The van der Waals surface area contributed by atoms with E-state index in [4.69, 9.17) is 5.26 Å². The fourth-order valence-corrected chi connectivity index (χ4v) is 0.905. The molecule has 0 saturated heterocycles. The van der Waals surface area contributed by atoms with Crippen LogP contribution in [0, 0.1) is 18.3 Å². The van der Waals surface area contributed by atoms with Gasteiger partial charge in [0, 0.05) is 12.4 Å². The van der Waals surface area contributed by atoms with Crippen LogP contribution in [-0.2, 0) is 0 Å². The van der Waals surface area contributed by atoms with Gasteiger partial charge in [0.1, 0.15) is 0 Å². The molecule has 1 atom stereocenters. The number of nitrogens with zero attached hydrogens (tertiary/aromatic N) is 3. The summed E-state index contributed by atoms with van der Waals surface area (Å²) in [5, 5.41) is 8.59. The number of aryl methyl sites for hydroxylation is 1. The largest absolute Gasteiger partial charge is 0.258 e. The Morgan fingerprint density at radius 3 is 2.64 bits per heavy atom. The maximum absolute atomic E-state index is 8.59. The standard InChI is InChI=1S/C8H9N3/c1-6(5-9)8-7(2)10-3-4-11-8/h3-4,6H,1-2H3. The van der Waals surface area contributed by atoms with Crippen LogP contribution in [0.5, 0.6) is 0 Å². The van der Waals surface area contributed by atoms with Crippen LogP contribution in [0.4, 0.5) is 0 Å². The van der Waals surface area contributed by atoms with E-state index in [2.05, 4.69) is 16.0 Å². The number of rotatable bonds is 1. The summed E-state index contributed by atoms with van der Waals surface area (Å²) < 4.78 is 0. The van der Waals surface area contributed by atoms with Gasteiger partial charge in [-0.15, -0.1) is 0 Å². The van der Waals surface area contributed by atoms with E-state index in [1.807, 2.05) is 13.8 Å². The van der Waals surface area contributed by atoms with E-state index in [0.717, 1.165) is 11.4 Å². The number of nitriles is 1. The fourth-order valence-electron chi connectivity index (χ4n) is 0.905. The molecule has 0 saturated carbocycles. The molecular formula is C8H9N3. The molecule has 0 radical (unpaired) electrons. The zero-order chi connectivity index (χ0) is 8.27. The molecule has 0 N–H and O–H groups in total. The summed E-state index contributed by atoms with van der Waals surface area (Å²) in [6.07, 6.45) is 3.24. The van der Waals surface area contributed by atoms with Crippen molar-refractivity contribution in [1.82, 2.24) is 9.97 Å². The van der Waals surface area contributed by atoms with Crippen molar-refractivity contribution in [3.63, 3.8) is 0 Å². The second-order valence-corrected chi connectivity index (χ2v) is 2.38. The summed E-state index contributed by atoms with van der Waals surface area (Å²) in [5.41, 5.74) is 1.61. The molecule has 3 nitrogen and oxygen atoms in total. The van der Waals surface area contributed by atoms with Crippen molar-refractivity contribution in [3.8, 4) is 6.07 Å². The Hall–Kier alpha value is -1.43. The van der Waals surface area contributed by atoms with Gasteiger partial charge in [-0.25, -0.2) is 0 Å². The fraction of sp³-hybridized carbons (Fsp3) is 0.375. The molecule has 0 bridgehead atoms. The topological polar surface area (TPSA) is 49.6 Å². The first-order chi connectivity index (χ1) is 5.25. The predicted octanol–water partition coefficient (Wildman–Crippen LogP) is 1.41. The predicted molar refractivity (Wildman–Crippen MR) is 40.8 cm³/mol. The third-order valence-corrected chi connectivity index (χ3v) is 1.52. The first-order valence-corrected chi connectivity index (χ1v) is 3.43. The number of hydrogen-bond donors (Lipinski definition) is 0. The molecule has 1 unspecified atom stereocenters. The average Bonchev–Trinajstić information content (AvgIpc) is 2.04. The summed E-state index contributed by atoms with van der Waals surface area (Å²) in [6.45, 7) is 3.67. The van der Waals surface area contributed by atoms with Gasteiger partial charge in [0.05, 0.1) is 23.4 Å². The molecular weight excluding hydrogens is 138 g/mol. The molecule has 0 fully saturated rings. The monoisotopic (exact) mass is 147 g/mol. The van der Waals surface area contributed by atoms with E-state index in [1.165, 1.54) is 0 Å². The minimum absolute atomic E-state index is 0.163. The highest BCUT2D eigenvalue weighted by Crippen LogP contribution is 2.12. The quantitative estimate of drug-likeness (QED) is 0.603. The van der Waals surface area contributed by atoms with Gasteiger partial charge in [0.25, 0.3) is 0 Å². The summed E-state index contributed by atoms with van der Waals surface area (Å²) >= 11 is 0. The van der Waals surface area contributed by atoms with Crippen LogP contribution in [0.2, 0.25) is 0 Å². The summed E-state index contributed by atoms with van der Waals surface area (Å²) in [4.78, 5) is 8.10. The highest BCUT2D eigenvalue weighted by atomic mass is 14.8. The first kappa shape index (κ1) is 7.67. The lowest BCUT2D eigenvalue weighted by Gasteiger charge is -2.02. The van der Waals surface area contributed by atoms with Gasteiger partial charge in [0.15, 0.2) is 0 Å². The second kappa shape index (κ2) is 3.11. The van der Waals surface area contributed by atoms with Crippen molar-refractivity contribution in [3.05, 3.63) is 23.8 Å². The smallest absolute Gasteiger partial charge is 0.0875 e. The molecule has 0 aliphatic heterocycles. The van der Waals surface area contributed by atoms with Crippen LogP contribution in [0.1, 0.15) is 24.2 Å².